The first kappa shape index (κ1) is 28.1. The van der Waals surface area contributed by atoms with Crippen LogP contribution in [-0.4, -0.2) is 116 Å². The molecule has 2 heterocycles. The third kappa shape index (κ3) is 7.73. The zero-order valence-corrected chi connectivity index (χ0v) is 23.2. The summed E-state index contributed by atoms with van der Waals surface area (Å²) < 4.78 is 25.7. The van der Waals surface area contributed by atoms with E-state index >= 15 is 0 Å². The molecule has 0 radical (unpaired) electrons. The number of rotatable bonds is 11. The van der Waals surface area contributed by atoms with Gasteiger partial charge >= 0.3 is 0 Å². The van der Waals surface area contributed by atoms with Crippen molar-refractivity contribution in [2.45, 2.75) is 44.0 Å². The molecule has 2 aliphatic rings. The third-order valence-electron chi connectivity index (χ3n) is 7.39. The van der Waals surface area contributed by atoms with Crippen LogP contribution >= 0.6 is 0 Å². The Morgan fingerprint density at radius 2 is 1.77 bits per heavy atom. The summed E-state index contributed by atoms with van der Waals surface area (Å²) >= 11 is 0. The summed E-state index contributed by atoms with van der Waals surface area (Å²) in [4.78, 5) is 20.2. The number of carbonyl (C=O) groups is 1. The average molecular weight is 509 g/mol. The van der Waals surface area contributed by atoms with Crippen LogP contribution in [0.3, 0.4) is 0 Å². The minimum atomic E-state index is -1.30. The minimum Gasteiger partial charge on any atom is -0.497 e. The van der Waals surface area contributed by atoms with Gasteiger partial charge in [0.15, 0.2) is 0 Å². The largest absolute Gasteiger partial charge is 0.497 e. The highest BCUT2D eigenvalue weighted by atomic mass is 32.2. The highest BCUT2D eigenvalue weighted by Gasteiger charge is 2.29. The monoisotopic (exact) mass is 508 g/mol. The van der Waals surface area contributed by atoms with Crippen LogP contribution in [0.25, 0.3) is 0 Å². The summed E-state index contributed by atoms with van der Waals surface area (Å²) in [6.07, 6.45) is 3.58. The number of benzene rings is 1. The maximum Gasteiger partial charge on any atom is 0.248 e. The second kappa shape index (κ2) is 13.1. The van der Waals surface area contributed by atoms with Crippen molar-refractivity contribution in [3.8, 4) is 5.75 Å². The maximum atomic E-state index is 13.0. The molecule has 1 aromatic carbocycles. The Kier molecular flexibility index (Phi) is 10.5. The van der Waals surface area contributed by atoms with Crippen LogP contribution in [0.2, 0.25) is 0 Å². The molecular weight excluding hydrogens is 464 g/mol. The SMILES string of the molecule is COc1cc(C)c(S(=O)N(C)CCOCC(=O)N(C)CC2CCN(C3CCN(C)C3)CC2)c(C)c1. The van der Waals surface area contributed by atoms with Crippen LogP contribution in [0, 0.1) is 19.8 Å². The molecule has 0 bridgehead atoms. The number of aryl methyl sites for hydroxylation is 2. The summed E-state index contributed by atoms with van der Waals surface area (Å²) in [6.45, 7) is 10.2. The Labute approximate surface area is 214 Å². The molecule has 9 heteroatoms. The van der Waals surface area contributed by atoms with Crippen molar-refractivity contribution in [2.24, 2.45) is 5.92 Å². The van der Waals surface area contributed by atoms with Gasteiger partial charge < -0.3 is 19.3 Å². The predicted molar refractivity (Wildman–Crippen MR) is 140 cm³/mol. The normalized spacial score (nSPS) is 20.9. The Morgan fingerprint density at radius 3 is 2.34 bits per heavy atom. The van der Waals surface area contributed by atoms with E-state index in [0.29, 0.717) is 25.1 Å². The van der Waals surface area contributed by atoms with Gasteiger partial charge in [-0.15, -0.1) is 0 Å². The predicted octanol–water partition coefficient (Wildman–Crippen LogP) is 2.16. The van der Waals surface area contributed by atoms with E-state index in [4.69, 9.17) is 9.47 Å². The van der Waals surface area contributed by atoms with Crippen molar-refractivity contribution in [2.75, 3.05) is 80.7 Å². The van der Waals surface area contributed by atoms with E-state index in [9.17, 15) is 9.00 Å². The molecule has 2 unspecified atom stereocenters. The molecule has 1 aromatic rings. The van der Waals surface area contributed by atoms with E-state index in [-0.39, 0.29) is 12.5 Å². The Balaban J connectivity index is 1.34. The minimum absolute atomic E-state index is 0.00969. The molecule has 0 N–H and O–H groups in total. The van der Waals surface area contributed by atoms with Crippen molar-refractivity contribution in [3.63, 3.8) is 0 Å². The molecule has 0 aliphatic carbocycles. The zero-order valence-electron chi connectivity index (χ0n) is 22.4. The third-order valence-corrected chi connectivity index (χ3v) is 9.14. The van der Waals surface area contributed by atoms with E-state index < -0.39 is 11.0 Å². The first-order valence-electron chi connectivity index (χ1n) is 12.7. The number of piperidine rings is 1. The number of hydrogen-bond acceptors (Lipinski definition) is 6. The van der Waals surface area contributed by atoms with Crippen LogP contribution in [0.5, 0.6) is 5.75 Å². The smallest absolute Gasteiger partial charge is 0.248 e. The lowest BCUT2D eigenvalue weighted by atomic mass is 9.95. The summed E-state index contributed by atoms with van der Waals surface area (Å²) in [5, 5.41) is 0. The van der Waals surface area contributed by atoms with Crippen LogP contribution in [-0.2, 0) is 20.5 Å². The fourth-order valence-corrected chi connectivity index (χ4v) is 6.43. The molecule has 0 saturated carbocycles. The number of carbonyl (C=O) groups excluding carboxylic acids is 1. The van der Waals surface area contributed by atoms with Crippen molar-refractivity contribution < 1.29 is 18.5 Å². The summed E-state index contributed by atoms with van der Waals surface area (Å²) in [5.41, 5.74) is 1.87. The number of amides is 1. The molecule has 2 atom stereocenters. The summed E-state index contributed by atoms with van der Waals surface area (Å²) in [5.74, 6) is 1.33. The number of likely N-dealkylation sites (tertiary alicyclic amines) is 2. The van der Waals surface area contributed by atoms with Gasteiger partial charge in [-0.1, -0.05) is 0 Å². The molecule has 198 valence electrons. The van der Waals surface area contributed by atoms with Crippen LogP contribution < -0.4 is 4.74 Å². The standard InChI is InChI=1S/C26H44N4O4S/c1-20-15-24(33-6)16-21(2)26(20)35(32)29(5)13-14-34-19-25(31)28(4)17-22-7-11-30(12-8-22)23-9-10-27(3)18-23/h15-16,22-23H,7-14,17-19H2,1-6H3. The van der Waals surface area contributed by atoms with E-state index in [1.54, 1.807) is 11.4 Å². The second-order valence-corrected chi connectivity index (χ2v) is 11.7. The fraction of sp³-hybridized carbons (Fsp3) is 0.731. The molecule has 8 nitrogen and oxygen atoms in total. The van der Waals surface area contributed by atoms with Gasteiger partial charge in [0, 0.05) is 39.8 Å². The summed E-state index contributed by atoms with van der Waals surface area (Å²) in [6, 6.07) is 4.51. The number of hydrogen-bond donors (Lipinski definition) is 0. The average Bonchev–Trinajstić information content (AvgIpc) is 3.27. The molecule has 2 saturated heterocycles. The lowest BCUT2D eigenvalue weighted by Gasteiger charge is -2.37. The Hall–Kier alpha value is -1.52. The molecule has 35 heavy (non-hydrogen) atoms. The zero-order chi connectivity index (χ0) is 25.5. The van der Waals surface area contributed by atoms with Gasteiger partial charge in [-0.05, 0) is 89.0 Å². The van der Waals surface area contributed by atoms with Crippen molar-refractivity contribution in [1.29, 1.82) is 0 Å². The highest BCUT2D eigenvalue weighted by molar-refractivity contribution is 7.82. The fourth-order valence-electron chi connectivity index (χ4n) is 5.20. The van der Waals surface area contributed by atoms with Crippen LogP contribution in [0.1, 0.15) is 30.4 Å². The second-order valence-electron chi connectivity index (χ2n) is 10.2. The van der Waals surface area contributed by atoms with Gasteiger partial charge in [0.05, 0.1) is 18.6 Å². The molecule has 2 fully saturated rings. The molecule has 0 spiro atoms. The van der Waals surface area contributed by atoms with Crippen molar-refractivity contribution >= 4 is 16.9 Å². The van der Waals surface area contributed by atoms with Crippen LogP contribution in [0.15, 0.2) is 17.0 Å². The topological polar surface area (TPSA) is 65.6 Å². The number of likely N-dealkylation sites (N-methyl/N-ethyl adjacent to an activating group) is 3. The van der Waals surface area contributed by atoms with Crippen LogP contribution in [0.4, 0.5) is 0 Å². The lowest BCUT2D eigenvalue weighted by Crippen LogP contribution is -2.45. The van der Waals surface area contributed by atoms with Gasteiger partial charge in [0.1, 0.15) is 23.3 Å². The lowest BCUT2D eigenvalue weighted by molar-refractivity contribution is -0.135. The van der Waals surface area contributed by atoms with Gasteiger partial charge in [-0.25, -0.2) is 8.51 Å². The van der Waals surface area contributed by atoms with Crippen molar-refractivity contribution in [1.82, 2.24) is 19.0 Å². The number of ether oxygens (including phenoxy) is 2. The number of methoxy groups -OCH3 is 1. The van der Waals surface area contributed by atoms with Crippen molar-refractivity contribution in [3.05, 3.63) is 23.3 Å². The molecule has 2 aliphatic heterocycles. The van der Waals surface area contributed by atoms with Gasteiger partial charge in [0.2, 0.25) is 5.91 Å². The molecule has 1 amide bonds. The number of nitrogens with zero attached hydrogens (tertiary/aromatic N) is 4. The molecule has 3 rings (SSSR count). The van der Waals surface area contributed by atoms with E-state index in [0.717, 1.165) is 54.2 Å². The van der Waals surface area contributed by atoms with E-state index in [1.165, 1.54) is 19.5 Å². The van der Waals surface area contributed by atoms with Gasteiger partial charge in [-0.2, -0.15) is 0 Å². The Bertz CT molecular complexity index is 852. The first-order valence-corrected chi connectivity index (χ1v) is 13.8. The van der Waals surface area contributed by atoms with E-state index in [2.05, 4.69) is 16.8 Å². The molecule has 0 aromatic heterocycles. The first-order chi connectivity index (χ1) is 16.7. The maximum absolute atomic E-state index is 13.0. The molecular formula is C26H44N4O4S. The van der Waals surface area contributed by atoms with Gasteiger partial charge in [-0.3, -0.25) is 9.69 Å². The van der Waals surface area contributed by atoms with Gasteiger partial charge in [0.25, 0.3) is 0 Å². The Morgan fingerprint density at radius 1 is 1.11 bits per heavy atom. The highest BCUT2D eigenvalue weighted by Crippen LogP contribution is 2.26. The summed E-state index contributed by atoms with van der Waals surface area (Å²) in [7, 11) is 6.22. The quantitative estimate of drug-likeness (QED) is 0.427. The van der Waals surface area contributed by atoms with E-state index in [1.807, 2.05) is 45.0 Å².